The van der Waals surface area contributed by atoms with E-state index in [2.05, 4.69) is 17.4 Å². The second kappa shape index (κ2) is 10.2. The fourth-order valence-electron chi connectivity index (χ4n) is 4.18. The third-order valence-electron chi connectivity index (χ3n) is 5.86. The summed E-state index contributed by atoms with van der Waals surface area (Å²) in [7, 11) is 0. The maximum atomic E-state index is 13.2. The van der Waals surface area contributed by atoms with E-state index in [-0.39, 0.29) is 12.5 Å². The predicted octanol–water partition coefficient (Wildman–Crippen LogP) is 4.23. The van der Waals surface area contributed by atoms with Gasteiger partial charge in [0.25, 0.3) is 5.91 Å². The minimum atomic E-state index is -0.711. The van der Waals surface area contributed by atoms with E-state index >= 15 is 0 Å². The van der Waals surface area contributed by atoms with Crippen LogP contribution in [0.3, 0.4) is 0 Å². The summed E-state index contributed by atoms with van der Waals surface area (Å²) in [6.07, 6.45) is 2.73. The van der Waals surface area contributed by atoms with Gasteiger partial charge in [-0.25, -0.2) is 4.79 Å². The number of esters is 1. The van der Waals surface area contributed by atoms with Crippen molar-refractivity contribution in [3.8, 4) is 11.1 Å². The van der Waals surface area contributed by atoms with Gasteiger partial charge in [0.2, 0.25) is 0 Å². The van der Waals surface area contributed by atoms with E-state index in [0.717, 1.165) is 29.5 Å². The maximum absolute atomic E-state index is 13.2. The van der Waals surface area contributed by atoms with Gasteiger partial charge >= 0.3 is 5.97 Å². The largest absolute Gasteiger partial charge is 0.459 e. The van der Waals surface area contributed by atoms with Gasteiger partial charge < -0.3 is 15.8 Å². The average molecular weight is 429 g/mol. The van der Waals surface area contributed by atoms with Crippen LogP contribution in [0, 0.1) is 0 Å². The number of nitrogens with one attached hydrogen (secondary N) is 1. The molecule has 1 aliphatic rings. The van der Waals surface area contributed by atoms with Gasteiger partial charge in [-0.2, -0.15) is 0 Å². The highest BCUT2D eigenvalue weighted by molar-refractivity contribution is 6.00. The lowest BCUT2D eigenvalue weighted by atomic mass is 10.00. The van der Waals surface area contributed by atoms with Crippen LogP contribution in [0.5, 0.6) is 0 Å². The molecule has 0 heterocycles. The van der Waals surface area contributed by atoms with E-state index in [1.54, 1.807) is 0 Å². The van der Waals surface area contributed by atoms with Crippen LogP contribution in [-0.2, 0) is 22.6 Å². The minimum Gasteiger partial charge on any atom is -0.459 e. The van der Waals surface area contributed by atoms with Gasteiger partial charge in [-0.3, -0.25) is 4.79 Å². The molecule has 1 aliphatic carbocycles. The predicted molar refractivity (Wildman–Crippen MR) is 125 cm³/mol. The zero-order chi connectivity index (χ0) is 22.3. The summed E-state index contributed by atoms with van der Waals surface area (Å²) in [6.45, 7) is 0.725. The summed E-state index contributed by atoms with van der Waals surface area (Å²) in [5, 5.41) is 2.93. The van der Waals surface area contributed by atoms with Gasteiger partial charge in [0.05, 0.1) is 0 Å². The van der Waals surface area contributed by atoms with Crippen LogP contribution < -0.4 is 11.1 Å². The summed E-state index contributed by atoms with van der Waals surface area (Å²) in [5.74, 6) is -0.667. The Morgan fingerprint density at radius 1 is 0.906 bits per heavy atom. The maximum Gasteiger partial charge on any atom is 0.328 e. The van der Waals surface area contributed by atoms with Crippen molar-refractivity contribution in [2.45, 2.75) is 38.3 Å². The number of carbonyl (C=O) groups excluding carboxylic acids is 2. The molecule has 5 heteroatoms. The van der Waals surface area contributed by atoms with E-state index in [4.69, 9.17) is 10.5 Å². The third kappa shape index (κ3) is 4.89. The Balaban J connectivity index is 1.48. The van der Waals surface area contributed by atoms with Crippen molar-refractivity contribution in [3.63, 3.8) is 0 Å². The number of fused-ring (bicyclic) bond motifs is 3. The number of hydrogen-bond donors (Lipinski definition) is 2. The van der Waals surface area contributed by atoms with E-state index in [1.807, 2.05) is 60.7 Å². The van der Waals surface area contributed by atoms with Crippen LogP contribution in [0.4, 0.5) is 0 Å². The zero-order valence-corrected chi connectivity index (χ0v) is 18.1. The number of ether oxygens (including phenoxy) is 1. The van der Waals surface area contributed by atoms with Crippen molar-refractivity contribution in [2.75, 3.05) is 6.54 Å². The lowest BCUT2D eigenvalue weighted by Crippen LogP contribution is -2.42. The van der Waals surface area contributed by atoms with Gasteiger partial charge in [0.15, 0.2) is 0 Å². The number of hydrogen-bond acceptors (Lipinski definition) is 4. The van der Waals surface area contributed by atoms with Crippen LogP contribution in [-0.4, -0.2) is 24.5 Å². The lowest BCUT2D eigenvalue weighted by Gasteiger charge is -2.19. The van der Waals surface area contributed by atoms with Gasteiger partial charge in [0, 0.05) is 5.56 Å². The molecule has 0 aromatic heterocycles. The first-order valence-corrected chi connectivity index (χ1v) is 11.1. The summed E-state index contributed by atoms with van der Waals surface area (Å²) in [6, 6.07) is 22.8. The number of amides is 1. The van der Waals surface area contributed by atoms with E-state index < -0.39 is 12.0 Å². The molecule has 1 atom stereocenters. The molecule has 32 heavy (non-hydrogen) atoms. The normalized spacial score (nSPS) is 12.5. The summed E-state index contributed by atoms with van der Waals surface area (Å²) in [5.41, 5.74) is 11.6. The molecule has 0 aliphatic heterocycles. The smallest absolute Gasteiger partial charge is 0.328 e. The highest BCUT2D eigenvalue weighted by atomic mass is 16.5. The summed E-state index contributed by atoms with van der Waals surface area (Å²) in [4.78, 5) is 26.1. The molecule has 4 rings (SSSR count). The van der Waals surface area contributed by atoms with E-state index in [1.165, 1.54) is 11.1 Å². The van der Waals surface area contributed by atoms with Crippen LogP contribution >= 0.6 is 0 Å². The Kier molecular flexibility index (Phi) is 6.97. The van der Waals surface area contributed by atoms with Crippen LogP contribution in [0.1, 0.15) is 46.3 Å². The highest BCUT2D eigenvalue weighted by Gasteiger charge is 2.27. The van der Waals surface area contributed by atoms with Crippen molar-refractivity contribution < 1.29 is 14.3 Å². The average Bonchev–Trinajstić information content (AvgIpc) is 3.21. The zero-order valence-electron chi connectivity index (χ0n) is 18.1. The molecule has 3 N–H and O–H groups in total. The molecule has 5 nitrogen and oxygen atoms in total. The Labute approximate surface area is 188 Å². The molecule has 0 unspecified atom stereocenters. The molecule has 0 radical (unpaired) electrons. The second-order valence-electron chi connectivity index (χ2n) is 8.07. The minimum absolute atomic E-state index is 0.180. The molecule has 0 saturated heterocycles. The monoisotopic (exact) mass is 428 g/mol. The SMILES string of the molecule is NCCCC[C@@H](NC(=O)c1cccc2c1Cc1ccccc1-2)C(=O)OCc1ccccc1. The summed E-state index contributed by atoms with van der Waals surface area (Å²) < 4.78 is 5.52. The van der Waals surface area contributed by atoms with E-state index in [0.29, 0.717) is 24.9 Å². The van der Waals surface area contributed by atoms with Crippen LogP contribution in [0.2, 0.25) is 0 Å². The van der Waals surface area contributed by atoms with Gasteiger partial charge in [-0.05, 0) is 66.1 Å². The quantitative estimate of drug-likeness (QED) is 0.309. The Morgan fingerprint density at radius 3 is 2.47 bits per heavy atom. The fraction of sp³-hybridized carbons (Fsp3) is 0.259. The molecule has 0 spiro atoms. The van der Waals surface area contributed by atoms with Crippen LogP contribution in [0.15, 0.2) is 72.8 Å². The molecular formula is C27H28N2O3. The standard InChI is InChI=1S/C27H28N2O3/c28-16-7-6-15-25(27(31)32-18-19-9-2-1-3-10-19)29-26(30)23-14-8-13-22-21-12-5-4-11-20(21)17-24(22)23/h1-5,8-14,25H,6-7,15-18,28H2,(H,29,30)/t25-/m1/s1. The topological polar surface area (TPSA) is 81.4 Å². The first-order valence-electron chi connectivity index (χ1n) is 11.1. The van der Waals surface area contributed by atoms with Crippen molar-refractivity contribution >= 4 is 11.9 Å². The summed E-state index contributed by atoms with van der Waals surface area (Å²) >= 11 is 0. The van der Waals surface area contributed by atoms with Crippen molar-refractivity contribution in [1.82, 2.24) is 5.32 Å². The van der Waals surface area contributed by atoms with Gasteiger partial charge in [0.1, 0.15) is 12.6 Å². The van der Waals surface area contributed by atoms with Gasteiger partial charge in [-0.15, -0.1) is 0 Å². The molecule has 0 saturated carbocycles. The Hall–Kier alpha value is -3.44. The number of unbranched alkanes of at least 4 members (excludes halogenated alkanes) is 1. The van der Waals surface area contributed by atoms with Crippen molar-refractivity contribution in [1.29, 1.82) is 0 Å². The van der Waals surface area contributed by atoms with Crippen molar-refractivity contribution in [2.24, 2.45) is 5.73 Å². The van der Waals surface area contributed by atoms with Crippen LogP contribution in [0.25, 0.3) is 11.1 Å². The molecule has 3 aromatic rings. The molecule has 3 aromatic carbocycles. The third-order valence-corrected chi connectivity index (χ3v) is 5.86. The molecule has 0 bridgehead atoms. The molecular weight excluding hydrogens is 400 g/mol. The first-order chi connectivity index (χ1) is 15.7. The molecule has 0 fully saturated rings. The molecule has 1 amide bonds. The molecule has 164 valence electrons. The number of rotatable bonds is 9. The number of carbonyl (C=O) groups is 2. The fourth-order valence-corrected chi connectivity index (χ4v) is 4.18. The lowest BCUT2D eigenvalue weighted by molar-refractivity contribution is -0.147. The van der Waals surface area contributed by atoms with Crippen molar-refractivity contribution in [3.05, 3.63) is 95.1 Å². The Morgan fingerprint density at radius 2 is 1.66 bits per heavy atom. The Bertz CT molecular complexity index is 1100. The first kappa shape index (κ1) is 21.8. The number of nitrogens with two attached hydrogens (primary N) is 1. The van der Waals surface area contributed by atoms with Gasteiger partial charge in [-0.1, -0.05) is 66.7 Å². The second-order valence-corrected chi connectivity index (χ2v) is 8.07. The van der Waals surface area contributed by atoms with E-state index in [9.17, 15) is 9.59 Å². The highest BCUT2D eigenvalue weighted by Crippen LogP contribution is 2.38. The number of benzene rings is 3.